The molecule has 1 N–H and O–H groups in total. The Hall–Kier alpha value is -3.33. The van der Waals surface area contributed by atoms with Crippen LogP contribution in [0.25, 0.3) is 11.1 Å². The molecular weight excluding hydrogens is 440 g/mol. The fourth-order valence-corrected chi connectivity index (χ4v) is 3.19. The van der Waals surface area contributed by atoms with Crippen LogP contribution in [-0.2, 0) is 5.92 Å². The van der Waals surface area contributed by atoms with E-state index in [9.17, 15) is 22.4 Å². The number of anilines is 1. The zero-order chi connectivity index (χ0) is 22.4. The van der Waals surface area contributed by atoms with Gasteiger partial charge in [-0.1, -0.05) is 23.7 Å². The Morgan fingerprint density at radius 2 is 1.71 bits per heavy atom. The van der Waals surface area contributed by atoms with Gasteiger partial charge in [-0.3, -0.25) is 4.79 Å². The van der Waals surface area contributed by atoms with Crippen LogP contribution in [0, 0.1) is 0 Å². The van der Waals surface area contributed by atoms with Crippen molar-refractivity contribution in [2.24, 2.45) is 0 Å². The van der Waals surface area contributed by atoms with Gasteiger partial charge < -0.3 is 14.8 Å². The summed E-state index contributed by atoms with van der Waals surface area (Å²) < 4.78 is 61.8. The number of hydrogen-bond donors (Lipinski definition) is 1. The third-order valence-corrected chi connectivity index (χ3v) is 4.77. The predicted octanol–water partition coefficient (Wildman–Crippen LogP) is 6.09. The molecule has 3 aromatic rings. The molecule has 10 heteroatoms. The van der Waals surface area contributed by atoms with Gasteiger partial charge in [-0.25, -0.2) is 13.8 Å². The second kappa shape index (κ2) is 7.42. The minimum Gasteiger partial charge on any atom is -0.395 e. The zero-order valence-corrected chi connectivity index (χ0v) is 16.5. The molecule has 1 aliphatic rings. The minimum atomic E-state index is -3.76. The average molecular weight is 453 g/mol. The minimum absolute atomic E-state index is 0.145. The Morgan fingerprint density at radius 3 is 2.29 bits per heavy atom. The van der Waals surface area contributed by atoms with E-state index >= 15 is 0 Å². The van der Waals surface area contributed by atoms with Crippen LogP contribution in [0.15, 0.2) is 54.7 Å². The SMILES string of the molecule is CC(F)(F)c1ccc(C(=O)Nc2ccc(-c3cc4c(cc3Cl)OC(F)(F)O4)cn2)cc1. The lowest BCUT2D eigenvalue weighted by atomic mass is 10.1. The van der Waals surface area contributed by atoms with Crippen molar-refractivity contribution in [3.63, 3.8) is 0 Å². The summed E-state index contributed by atoms with van der Waals surface area (Å²) in [6.07, 6.45) is -2.38. The highest BCUT2D eigenvalue weighted by Crippen LogP contribution is 2.46. The first-order chi connectivity index (χ1) is 14.5. The van der Waals surface area contributed by atoms with Crippen molar-refractivity contribution in [3.05, 3.63) is 70.9 Å². The van der Waals surface area contributed by atoms with E-state index in [-0.39, 0.29) is 33.5 Å². The summed E-state index contributed by atoms with van der Waals surface area (Å²) in [5.74, 6) is -3.68. The van der Waals surface area contributed by atoms with Crippen LogP contribution >= 0.6 is 11.6 Å². The van der Waals surface area contributed by atoms with Crippen molar-refractivity contribution in [3.8, 4) is 22.6 Å². The second-order valence-corrected chi connectivity index (χ2v) is 7.21. The maximum Gasteiger partial charge on any atom is 0.586 e. The summed E-state index contributed by atoms with van der Waals surface area (Å²) in [7, 11) is 0. The number of hydrogen-bond acceptors (Lipinski definition) is 4. The fourth-order valence-electron chi connectivity index (χ4n) is 2.92. The molecule has 0 bridgehead atoms. The number of nitrogens with zero attached hydrogens (tertiary/aromatic N) is 1. The quantitative estimate of drug-likeness (QED) is 0.487. The van der Waals surface area contributed by atoms with Crippen molar-refractivity contribution in [2.45, 2.75) is 19.1 Å². The number of carbonyl (C=O) groups excluding carboxylic acids is 1. The lowest BCUT2D eigenvalue weighted by Gasteiger charge is -2.11. The first-order valence-corrected chi connectivity index (χ1v) is 9.25. The maximum absolute atomic E-state index is 13.3. The number of carbonyl (C=O) groups is 1. The number of benzene rings is 2. The van der Waals surface area contributed by atoms with Crippen LogP contribution in [0.5, 0.6) is 11.5 Å². The van der Waals surface area contributed by atoms with Crippen molar-refractivity contribution in [2.75, 3.05) is 5.32 Å². The van der Waals surface area contributed by atoms with Gasteiger partial charge in [-0.15, -0.1) is 8.78 Å². The smallest absolute Gasteiger partial charge is 0.395 e. The summed E-state index contributed by atoms with van der Waals surface area (Å²) >= 11 is 6.15. The number of nitrogens with one attached hydrogen (secondary N) is 1. The van der Waals surface area contributed by atoms with E-state index < -0.39 is 18.1 Å². The highest BCUT2D eigenvalue weighted by atomic mass is 35.5. The first kappa shape index (κ1) is 20.9. The Morgan fingerprint density at radius 1 is 1.06 bits per heavy atom. The Balaban J connectivity index is 1.50. The van der Waals surface area contributed by atoms with Crippen LogP contribution in [0.1, 0.15) is 22.8 Å². The number of amides is 1. The van der Waals surface area contributed by atoms with Crippen molar-refractivity contribution < 1.29 is 31.8 Å². The summed E-state index contributed by atoms with van der Waals surface area (Å²) in [6, 6.07) is 10.5. The van der Waals surface area contributed by atoms with Crippen LogP contribution < -0.4 is 14.8 Å². The van der Waals surface area contributed by atoms with Gasteiger partial charge in [-0.05, 0) is 30.3 Å². The third kappa shape index (κ3) is 4.41. The third-order valence-electron chi connectivity index (χ3n) is 4.46. The Kier molecular flexibility index (Phi) is 5.01. The number of alkyl halides is 4. The number of halogens is 5. The number of rotatable bonds is 4. The van der Waals surface area contributed by atoms with Crippen LogP contribution in [0.2, 0.25) is 5.02 Å². The lowest BCUT2D eigenvalue weighted by molar-refractivity contribution is -0.286. The van der Waals surface area contributed by atoms with Gasteiger partial charge >= 0.3 is 6.29 Å². The fraction of sp³-hybridized carbons (Fsp3) is 0.143. The number of pyridine rings is 1. The molecule has 0 spiro atoms. The van der Waals surface area contributed by atoms with E-state index in [2.05, 4.69) is 19.8 Å². The van der Waals surface area contributed by atoms with Crippen molar-refractivity contribution >= 4 is 23.3 Å². The van der Waals surface area contributed by atoms with Gasteiger partial charge in [-0.2, -0.15) is 0 Å². The van der Waals surface area contributed by atoms with Crippen LogP contribution in [0.4, 0.5) is 23.4 Å². The molecule has 0 radical (unpaired) electrons. The van der Waals surface area contributed by atoms with Crippen LogP contribution in [-0.4, -0.2) is 17.2 Å². The molecule has 0 fully saturated rings. The van der Waals surface area contributed by atoms with Crippen LogP contribution in [0.3, 0.4) is 0 Å². The molecule has 1 amide bonds. The molecule has 2 aromatic carbocycles. The highest BCUT2D eigenvalue weighted by molar-refractivity contribution is 6.33. The standard InChI is InChI=1S/C21H13ClF4N2O3/c1-20(23,24)13-5-2-11(3-6-13)19(29)28-18-7-4-12(10-27-18)14-8-16-17(9-15(14)22)31-21(25,26)30-16/h2-10H,1H3,(H,27,28,29). The van der Waals surface area contributed by atoms with Gasteiger partial charge in [0.25, 0.3) is 11.8 Å². The average Bonchev–Trinajstić information content (AvgIpc) is 3.00. The van der Waals surface area contributed by atoms with E-state index in [1.54, 1.807) is 6.07 Å². The number of fused-ring (bicyclic) bond motifs is 1. The first-order valence-electron chi connectivity index (χ1n) is 8.87. The molecule has 5 nitrogen and oxygen atoms in total. The van der Waals surface area contributed by atoms with E-state index in [0.29, 0.717) is 11.1 Å². The molecule has 0 aliphatic carbocycles. The Labute approximate surface area is 178 Å². The van der Waals surface area contributed by atoms with Gasteiger partial charge in [0, 0.05) is 41.4 Å². The molecule has 1 aliphatic heterocycles. The summed E-state index contributed by atoms with van der Waals surface area (Å²) in [6.45, 7) is 0.769. The maximum atomic E-state index is 13.3. The lowest BCUT2D eigenvalue weighted by Crippen LogP contribution is -2.25. The molecule has 4 rings (SSSR count). The monoisotopic (exact) mass is 452 g/mol. The van der Waals surface area contributed by atoms with Gasteiger partial charge in [0.2, 0.25) is 0 Å². The molecule has 160 valence electrons. The van der Waals surface area contributed by atoms with Crippen molar-refractivity contribution in [1.82, 2.24) is 4.98 Å². The normalized spacial score (nSPS) is 14.4. The van der Waals surface area contributed by atoms with Gasteiger partial charge in [0.15, 0.2) is 11.5 Å². The van der Waals surface area contributed by atoms with Crippen molar-refractivity contribution in [1.29, 1.82) is 0 Å². The largest absolute Gasteiger partial charge is 0.586 e. The molecule has 1 aromatic heterocycles. The summed E-state index contributed by atoms with van der Waals surface area (Å²) in [5.41, 5.74) is 0.839. The molecule has 31 heavy (non-hydrogen) atoms. The highest BCUT2D eigenvalue weighted by Gasteiger charge is 2.43. The van der Waals surface area contributed by atoms with E-state index in [1.165, 1.54) is 48.7 Å². The molecule has 0 unspecified atom stereocenters. The van der Waals surface area contributed by atoms with E-state index in [0.717, 1.165) is 6.92 Å². The van der Waals surface area contributed by atoms with Gasteiger partial charge in [0.05, 0.1) is 5.02 Å². The van der Waals surface area contributed by atoms with Gasteiger partial charge in [0.1, 0.15) is 5.82 Å². The Bertz CT molecular complexity index is 1150. The van der Waals surface area contributed by atoms with E-state index in [4.69, 9.17) is 11.6 Å². The molecule has 2 heterocycles. The predicted molar refractivity (Wildman–Crippen MR) is 105 cm³/mol. The molecular formula is C21H13ClF4N2O3. The number of ether oxygens (including phenoxy) is 2. The molecule has 0 atom stereocenters. The zero-order valence-electron chi connectivity index (χ0n) is 15.8. The summed E-state index contributed by atoms with van der Waals surface area (Å²) in [5, 5.41) is 2.69. The molecule has 0 saturated heterocycles. The summed E-state index contributed by atoms with van der Waals surface area (Å²) in [4.78, 5) is 16.4. The van der Waals surface area contributed by atoms with E-state index in [1.807, 2.05) is 0 Å². The molecule has 0 saturated carbocycles. The topological polar surface area (TPSA) is 60.5 Å². The second-order valence-electron chi connectivity index (χ2n) is 6.80. The number of aromatic nitrogens is 1.